The first-order valence-electron chi connectivity index (χ1n) is 21.6. The number of hydrogen-bond donors (Lipinski definition) is 2. The van der Waals surface area contributed by atoms with Gasteiger partial charge in [0.2, 0.25) is 0 Å². The maximum atomic E-state index is 10.8. The summed E-state index contributed by atoms with van der Waals surface area (Å²) in [5, 5.41) is 26.7. The molecule has 0 spiro atoms. The fourth-order valence-corrected chi connectivity index (χ4v) is 7.82. The summed E-state index contributed by atoms with van der Waals surface area (Å²) in [7, 11) is 1.68. The third-order valence-electron chi connectivity index (χ3n) is 10.9. The molecule has 0 aliphatic heterocycles. The largest absolute Gasteiger partial charge is 0.497 e. The number of anilines is 2. The van der Waals surface area contributed by atoms with Gasteiger partial charge in [-0.1, -0.05) is 86.6 Å². The number of carboxylic acid groups (broad SMARTS) is 2. The lowest BCUT2D eigenvalue weighted by Crippen LogP contribution is -2.24. The number of nitrogens with zero attached hydrogens (tertiary/aromatic N) is 3. The third kappa shape index (κ3) is 12.9. The highest BCUT2D eigenvalue weighted by Gasteiger charge is 2.16. The normalized spacial score (nSPS) is 10.5. The summed E-state index contributed by atoms with van der Waals surface area (Å²) >= 11 is 0. The third-order valence-corrected chi connectivity index (χ3v) is 10.9. The minimum Gasteiger partial charge on any atom is -0.497 e. The van der Waals surface area contributed by atoms with Crippen molar-refractivity contribution in [2.45, 2.75) is 67.5 Å². The highest BCUT2D eigenvalue weighted by Crippen LogP contribution is 2.34. The standard InChI is InChI=1S/C27H28N2O3.C27H31NO4/c1-4-14-29(17-22-10-13-26(19(2)15-22)32-18-27(30)31)25-7-5-6-24(20(25)3)23-11-8-21(16-28)9-12-23;1-5-15-28(17-21-9-14-26(19(2)16-21)32-18-27(29)30)25-8-6-7-24(20(25)3)22-10-12-23(31-4)13-11-22/h5-13,15H,4,14,17-18H2,1-3H3,(H,30,31);6-14,16H,5,15,17-18H2,1-4H3,(H,29,30). The van der Waals surface area contributed by atoms with Crippen molar-refractivity contribution in [1.29, 1.82) is 5.26 Å². The van der Waals surface area contributed by atoms with Crippen molar-refractivity contribution >= 4 is 23.3 Å². The molecule has 0 amide bonds. The Morgan fingerprint density at radius 1 is 0.594 bits per heavy atom. The summed E-state index contributed by atoms with van der Waals surface area (Å²) in [6.45, 7) is 15.2. The summed E-state index contributed by atoms with van der Waals surface area (Å²) in [5.41, 5.74) is 14.3. The first kappa shape index (κ1) is 47.8. The van der Waals surface area contributed by atoms with Crippen LogP contribution in [-0.4, -0.2) is 55.6 Å². The summed E-state index contributed by atoms with van der Waals surface area (Å²) in [5.74, 6) is 0.0874. The monoisotopic (exact) mass is 861 g/mol. The fraction of sp³-hybridized carbons (Fsp3) is 0.278. The van der Waals surface area contributed by atoms with E-state index < -0.39 is 11.9 Å². The second kappa shape index (κ2) is 23.3. The van der Waals surface area contributed by atoms with E-state index in [-0.39, 0.29) is 13.2 Å². The first-order chi connectivity index (χ1) is 30.8. The van der Waals surface area contributed by atoms with E-state index in [0.717, 1.165) is 83.7 Å². The van der Waals surface area contributed by atoms with E-state index in [4.69, 9.17) is 29.7 Å². The van der Waals surface area contributed by atoms with Crippen molar-refractivity contribution in [3.05, 3.63) is 160 Å². The number of benzene rings is 6. The SMILES string of the molecule is CCCN(Cc1ccc(OCC(=O)O)c(C)c1)c1cccc(-c2ccc(C#N)cc2)c1C.CCCN(Cc1ccc(OCC(=O)O)c(C)c1)c1cccc(-c2ccc(OC)cc2)c1C. The highest BCUT2D eigenvalue weighted by atomic mass is 16.5. The number of hydrogen-bond acceptors (Lipinski definition) is 8. The molecule has 6 aromatic carbocycles. The number of rotatable bonds is 19. The van der Waals surface area contributed by atoms with Crippen LogP contribution in [0.15, 0.2) is 121 Å². The van der Waals surface area contributed by atoms with E-state index in [1.807, 2.05) is 74.5 Å². The van der Waals surface area contributed by atoms with Gasteiger partial charge in [-0.05, 0) is 145 Å². The van der Waals surface area contributed by atoms with Crippen LogP contribution in [0.3, 0.4) is 0 Å². The molecule has 332 valence electrons. The maximum Gasteiger partial charge on any atom is 0.341 e. The van der Waals surface area contributed by atoms with E-state index in [0.29, 0.717) is 17.1 Å². The van der Waals surface area contributed by atoms with Crippen molar-refractivity contribution in [2.75, 3.05) is 43.2 Å². The topological polar surface area (TPSA) is 133 Å². The Hall–Kier alpha value is -7.25. The zero-order valence-electron chi connectivity index (χ0n) is 38.0. The average molecular weight is 862 g/mol. The van der Waals surface area contributed by atoms with Crippen LogP contribution in [0.4, 0.5) is 11.4 Å². The molecule has 64 heavy (non-hydrogen) atoms. The van der Waals surface area contributed by atoms with Crippen LogP contribution >= 0.6 is 0 Å². The van der Waals surface area contributed by atoms with Gasteiger partial charge in [0.05, 0.1) is 18.7 Å². The van der Waals surface area contributed by atoms with Crippen LogP contribution in [0.2, 0.25) is 0 Å². The molecule has 0 heterocycles. The maximum absolute atomic E-state index is 10.8. The highest BCUT2D eigenvalue weighted by molar-refractivity contribution is 5.76. The molecular formula is C54H59N3O7. The molecule has 0 saturated heterocycles. The van der Waals surface area contributed by atoms with E-state index in [1.54, 1.807) is 7.11 Å². The van der Waals surface area contributed by atoms with Crippen molar-refractivity contribution in [3.63, 3.8) is 0 Å². The predicted octanol–water partition coefficient (Wildman–Crippen LogP) is 11.6. The van der Waals surface area contributed by atoms with Gasteiger partial charge >= 0.3 is 11.9 Å². The van der Waals surface area contributed by atoms with Gasteiger partial charge in [0.1, 0.15) is 17.2 Å². The lowest BCUT2D eigenvalue weighted by atomic mass is 9.97. The molecule has 6 aromatic rings. The lowest BCUT2D eigenvalue weighted by molar-refractivity contribution is -0.140. The Balaban J connectivity index is 0.000000241. The van der Waals surface area contributed by atoms with Gasteiger partial charge in [0.25, 0.3) is 0 Å². The van der Waals surface area contributed by atoms with Crippen LogP contribution in [0.5, 0.6) is 17.2 Å². The Kier molecular flexibility index (Phi) is 17.4. The summed E-state index contributed by atoms with van der Waals surface area (Å²) in [4.78, 5) is 26.3. The van der Waals surface area contributed by atoms with Gasteiger partial charge in [-0.2, -0.15) is 5.26 Å². The second-order valence-electron chi connectivity index (χ2n) is 15.7. The second-order valence-corrected chi connectivity index (χ2v) is 15.7. The van der Waals surface area contributed by atoms with Crippen LogP contribution in [-0.2, 0) is 22.7 Å². The van der Waals surface area contributed by atoms with Gasteiger partial charge in [-0.25, -0.2) is 9.59 Å². The quantitative estimate of drug-likeness (QED) is 0.0811. The van der Waals surface area contributed by atoms with E-state index in [1.165, 1.54) is 28.1 Å². The van der Waals surface area contributed by atoms with Crippen molar-refractivity contribution < 1.29 is 34.0 Å². The Bertz CT molecular complexity index is 2550. The number of ether oxygens (including phenoxy) is 3. The molecule has 0 radical (unpaired) electrons. The molecule has 2 N–H and O–H groups in total. The molecule has 10 heteroatoms. The molecule has 0 aliphatic carbocycles. The van der Waals surface area contributed by atoms with Crippen LogP contribution in [0, 0.1) is 39.0 Å². The number of aliphatic carboxylic acids is 2. The van der Waals surface area contributed by atoms with Gasteiger partial charge in [-0.3, -0.25) is 0 Å². The van der Waals surface area contributed by atoms with Crippen molar-refractivity contribution in [3.8, 4) is 45.6 Å². The Labute approximate surface area is 377 Å². The summed E-state index contributed by atoms with van der Waals surface area (Å²) < 4.78 is 16.0. The van der Waals surface area contributed by atoms with Crippen LogP contribution in [0.25, 0.3) is 22.3 Å². The summed E-state index contributed by atoms with van der Waals surface area (Å²) in [6.07, 6.45) is 2.05. The Morgan fingerprint density at radius 3 is 1.38 bits per heavy atom. The van der Waals surface area contributed by atoms with E-state index in [9.17, 15) is 9.59 Å². The average Bonchev–Trinajstić information content (AvgIpc) is 3.28. The molecule has 0 aromatic heterocycles. The zero-order valence-corrected chi connectivity index (χ0v) is 38.0. The van der Waals surface area contributed by atoms with Crippen LogP contribution in [0.1, 0.15) is 65.6 Å². The zero-order chi connectivity index (χ0) is 46.2. The minimum atomic E-state index is -0.986. The van der Waals surface area contributed by atoms with Gasteiger partial charge in [0, 0.05) is 37.6 Å². The molecule has 0 fully saturated rings. The molecule has 6 rings (SSSR count). The van der Waals surface area contributed by atoms with Crippen molar-refractivity contribution in [2.24, 2.45) is 0 Å². The van der Waals surface area contributed by atoms with E-state index >= 15 is 0 Å². The molecule has 10 nitrogen and oxygen atoms in total. The number of methoxy groups -OCH3 is 1. The van der Waals surface area contributed by atoms with Crippen molar-refractivity contribution in [1.82, 2.24) is 0 Å². The molecular weight excluding hydrogens is 803 g/mol. The first-order valence-corrected chi connectivity index (χ1v) is 21.6. The predicted molar refractivity (Wildman–Crippen MR) is 256 cm³/mol. The van der Waals surface area contributed by atoms with Gasteiger partial charge in [0.15, 0.2) is 13.2 Å². The number of nitriles is 1. The number of aryl methyl sites for hydroxylation is 2. The smallest absolute Gasteiger partial charge is 0.341 e. The minimum absolute atomic E-state index is 0.334. The van der Waals surface area contributed by atoms with Gasteiger partial charge < -0.3 is 34.2 Å². The molecule has 0 aliphatic rings. The van der Waals surface area contributed by atoms with Gasteiger partial charge in [-0.15, -0.1) is 0 Å². The van der Waals surface area contributed by atoms with Crippen LogP contribution < -0.4 is 24.0 Å². The lowest BCUT2D eigenvalue weighted by Gasteiger charge is -2.28. The van der Waals surface area contributed by atoms with E-state index in [2.05, 4.69) is 104 Å². The fourth-order valence-electron chi connectivity index (χ4n) is 7.82. The Morgan fingerprint density at radius 2 is 1.02 bits per heavy atom. The number of carboxylic acids is 2. The molecule has 0 unspecified atom stereocenters. The molecule has 0 atom stereocenters. The number of carbonyl (C=O) groups is 2. The molecule has 0 saturated carbocycles. The summed E-state index contributed by atoms with van der Waals surface area (Å²) in [6, 6.07) is 42.6. The molecule has 0 bridgehead atoms.